The fourth-order valence-corrected chi connectivity index (χ4v) is 3.85. The van der Waals surface area contributed by atoms with Crippen molar-refractivity contribution in [2.45, 2.75) is 32.1 Å². The first kappa shape index (κ1) is 17.2. The highest BCUT2D eigenvalue weighted by atomic mass is 19.1. The van der Waals surface area contributed by atoms with Crippen LogP contribution in [0.2, 0.25) is 0 Å². The van der Waals surface area contributed by atoms with Crippen LogP contribution in [0.15, 0.2) is 24.3 Å². The first-order chi connectivity index (χ1) is 11.7. The Morgan fingerprint density at radius 2 is 1.79 bits per heavy atom. The van der Waals surface area contributed by atoms with Crippen molar-refractivity contribution in [3.63, 3.8) is 0 Å². The van der Waals surface area contributed by atoms with Crippen LogP contribution < -0.4 is 15.1 Å². The molecule has 24 heavy (non-hydrogen) atoms. The van der Waals surface area contributed by atoms with Crippen molar-refractivity contribution in [3.05, 3.63) is 30.1 Å². The quantitative estimate of drug-likeness (QED) is 0.850. The normalized spacial score (nSPS) is 20.1. The Kier molecular flexibility index (Phi) is 6.07. The molecule has 4 nitrogen and oxygen atoms in total. The molecule has 1 saturated carbocycles. The Morgan fingerprint density at radius 3 is 2.46 bits per heavy atom. The van der Waals surface area contributed by atoms with Gasteiger partial charge < -0.3 is 15.1 Å². The molecule has 132 valence electrons. The molecule has 1 heterocycles. The molecule has 1 aliphatic heterocycles. The Balaban J connectivity index is 1.37. The molecule has 1 amide bonds. The van der Waals surface area contributed by atoms with Gasteiger partial charge in [-0.25, -0.2) is 4.39 Å². The highest BCUT2D eigenvalue weighted by Crippen LogP contribution is 2.22. The zero-order chi connectivity index (χ0) is 16.8. The average molecular weight is 334 g/mol. The lowest BCUT2D eigenvalue weighted by molar-refractivity contribution is -0.892. The average Bonchev–Trinajstić information content (AvgIpc) is 2.62. The maximum absolute atomic E-state index is 13.0. The standard InChI is InChI=1S/C19H28FN3O/c20-17-6-8-18(9-7-17)23-12-10-22(11-13-23)15-19(24)21-14-16-4-2-1-3-5-16/h6-9,16H,1-5,10-15H2,(H,21,24)/p+1. The Bertz CT molecular complexity index is 520. The van der Waals surface area contributed by atoms with Crippen LogP contribution in [0.1, 0.15) is 32.1 Å². The van der Waals surface area contributed by atoms with E-state index in [4.69, 9.17) is 0 Å². The van der Waals surface area contributed by atoms with E-state index in [-0.39, 0.29) is 11.7 Å². The number of rotatable bonds is 5. The zero-order valence-corrected chi connectivity index (χ0v) is 14.4. The van der Waals surface area contributed by atoms with Gasteiger partial charge in [-0.2, -0.15) is 0 Å². The lowest BCUT2D eigenvalue weighted by atomic mass is 9.89. The summed E-state index contributed by atoms with van der Waals surface area (Å²) in [5.41, 5.74) is 1.07. The molecular formula is C19H29FN3O+. The summed E-state index contributed by atoms with van der Waals surface area (Å²) in [5.74, 6) is 0.677. The summed E-state index contributed by atoms with van der Waals surface area (Å²) < 4.78 is 13.0. The Hall–Kier alpha value is -1.62. The molecular weight excluding hydrogens is 305 g/mol. The molecule has 2 fully saturated rings. The summed E-state index contributed by atoms with van der Waals surface area (Å²) in [6.45, 7) is 5.16. The fourth-order valence-electron chi connectivity index (χ4n) is 3.85. The molecule has 0 atom stereocenters. The third-order valence-electron chi connectivity index (χ3n) is 5.39. The third-order valence-corrected chi connectivity index (χ3v) is 5.39. The molecule has 0 aromatic heterocycles. The minimum absolute atomic E-state index is 0.186. The van der Waals surface area contributed by atoms with E-state index in [9.17, 15) is 9.18 Å². The number of nitrogens with zero attached hydrogens (tertiary/aromatic N) is 1. The van der Waals surface area contributed by atoms with Crippen LogP contribution in [0.3, 0.4) is 0 Å². The number of carbonyl (C=O) groups excluding carboxylic acids is 1. The van der Waals surface area contributed by atoms with Crippen LogP contribution in [0.4, 0.5) is 10.1 Å². The van der Waals surface area contributed by atoms with Gasteiger partial charge in [-0.05, 0) is 43.0 Å². The molecule has 0 radical (unpaired) electrons. The highest BCUT2D eigenvalue weighted by Gasteiger charge is 2.23. The number of amides is 1. The van der Waals surface area contributed by atoms with Crippen molar-refractivity contribution in [1.82, 2.24) is 5.32 Å². The van der Waals surface area contributed by atoms with Crippen LogP contribution in [-0.4, -0.2) is 45.2 Å². The first-order valence-corrected chi connectivity index (χ1v) is 9.31. The number of quaternary nitrogens is 1. The predicted molar refractivity (Wildman–Crippen MR) is 93.8 cm³/mol. The zero-order valence-electron chi connectivity index (χ0n) is 14.4. The number of piperazine rings is 1. The maximum atomic E-state index is 13.0. The van der Waals surface area contributed by atoms with Gasteiger partial charge in [0.05, 0.1) is 26.2 Å². The Labute approximate surface area is 144 Å². The molecule has 2 N–H and O–H groups in total. The van der Waals surface area contributed by atoms with Crippen molar-refractivity contribution in [2.24, 2.45) is 5.92 Å². The van der Waals surface area contributed by atoms with Crippen molar-refractivity contribution in [1.29, 1.82) is 0 Å². The van der Waals surface area contributed by atoms with E-state index in [1.54, 1.807) is 0 Å². The number of carbonyl (C=O) groups is 1. The monoisotopic (exact) mass is 334 g/mol. The number of anilines is 1. The van der Waals surface area contributed by atoms with Crippen molar-refractivity contribution in [2.75, 3.05) is 44.2 Å². The van der Waals surface area contributed by atoms with Crippen LogP contribution in [0, 0.1) is 11.7 Å². The smallest absolute Gasteiger partial charge is 0.275 e. The molecule has 1 saturated heterocycles. The molecule has 1 aromatic rings. The van der Waals surface area contributed by atoms with Gasteiger partial charge in [0, 0.05) is 12.2 Å². The molecule has 1 aliphatic carbocycles. The van der Waals surface area contributed by atoms with Crippen LogP contribution in [-0.2, 0) is 4.79 Å². The van der Waals surface area contributed by atoms with Crippen LogP contribution >= 0.6 is 0 Å². The van der Waals surface area contributed by atoms with E-state index in [1.165, 1.54) is 49.1 Å². The maximum Gasteiger partial charge on any atom is 0.275 e. The van der Waals surface area contributed by atoms with Gasteiger partial charge in [0.2, 0.25) is 0 Å². The third kappa shape index (κ3) is 4.94. The van der Waals surface area contributed by atoms with E-state index in [1.807, 2.05) is 12.1 Å². The minimum atomic E-state index is -0.197. The van der Waals surface area contributed by atoms with Gasteiger partial charge in [0.25, 0.3) is 5.91 Å². The molecule has 0 unspecified atom stereocenters. The van der Waals surface area contributed by atoms with Crippen molar-refractivity contribution in [3.8, 4) is 0 Å². The van der Waals surface area contributed by atoms with Gasteiger partial charge in [0.1, 0.15) is 5.82 Å². The Morgan fingerprint density at radius 1 is 1.12 bits per heavy atom. The van der Waals surface area contributed by atoms with Gasteiger partial charge in [0.15, 0.2) is 6.54 Å². The molecule has 3 rings (SSSR count). The lowest BCUT2D eigenvalue weighted by Crippen LogP contribution is -3.16. The van der Waals surface area contributed by atoms with Crippen LogP contribution in [0.25, 0.3) is 0 Å². The predicted octanol–water partition coefficient (Wildman–Crippen LogP) is 1.23. The molecule has 0 bridgehead atoms. The summed E-state index contributed by atoms with van der Waals surface area (Å²) in [4.78, 5) is 15.8. The molecule has 1 aromatic carbocycles. The molecule has 0 spiro atoms. The van der Waals surface area contributed by atoms with E-state index in [2.05, 4.69) is 10.2 Å². The van der Waals surface area contributed by atoms with Crippen molar-refractivity contribution >= 4 is 11.6 Å². The van der Waals surface area contributed by atoms with Gasteiger partial charge in [-0.1, -0.05) is 19.3 Å². The van der Waals surface area contributed by atoms with Gasteiger partial charge in [-0.15, -0.1) is 0 Å². The topological polar surface area (TPSA) is 36.8 Å². The second-order valence-corrected chi connectivity index (χ2v) is 7.20. The summed E-state index contributed by atoms with van der Waals surface area (Å²) in [6.07, 6.45) is 6.52. The van der Waals surface area contributed by atoms with Crippen molar-refractivity contribution < 1.29 is 14.1 Å². The fraction of sp³-hybridized carbons (Fsp3) is 0.632. The number of hydrogen-bond donors (Lipinski definition) is 2. The minimum Gasteiger partial charge on any atom is -0.360 e. The SMILES string of the molecule is O=C(C[NH+]1CCN(c2ccc(F)cc2)CC1)NCC1CCCCC1. The van der Waals surface area contributed by atoms with E-state index in [0.29, 0.717) is 12.5 Å². The lowest BCUT2D eigenvalue weighted by Gasteiger charge is -2.33. The molecule has 2 aliphatic rings. The van der Waals surface area contributed by atoms with Gasteiger partial charge in [-0.3, -0.25) is 4.79 Å². The number of hydrogen-bond acceptors (Lipinski definition) is 2. The summed E-state index contributed by atoms with van der Waals surface area (Å²) in [7, 11) is 0. The summed E-state index contributed by atoms with van der Waals surface area (Å²) >= 11 is 0. The number of nitrogens with one attached hydrogen (secondary N) is 2. The summed E-state index contributed by atoms with van der Waals surface area (Å²) in [6, 6.07) is 6.68. The van der Waals surface area contributed by atoms with E-state index < -0.39 is 0 Å². The summed E-state index contributed by atoms with van der Waals surface area (Å²) in [5, 5.41) is 3.13. The first-order valence-electron chi connectivity index (χ1n) is 9.31. The number of halogens is 1. The van der Waals surface area contributed by atoms with Crippen LogP contribution in [0.5, 0.6) is 0 Å². The van der Waals surface area contributed by atoms with Gasteiger partial charge >= 0.3 is 0 Å². The second-order valence-electron chi connectivity index (χ2n) is 7.20. The second kappa shape index (κ2) is 8.47. The van der Waals surface area contributed by atoms with E-state index >= 15 is 0 Å². The largest absolute Gasteiger partial charge is 0.360 e. The molecule has 5 heteroatoms. The number of benzene rings is 1. The van der Waals surface area contributed by atoms with E-state index in [0.717, 1.165) is 38.4 Å². The highest BCUT2D eigenvalue weighted by molar-refractivity contribution is 5.76.